The second-order valence-electron chi connectivity index (χ2n) is 10.8. The summed E-state index contributed by atoms with van der Waals surface area (Å²) in [6.07, 6.45) is 4.36. The van der Waals surface area contributed by atoms with Crippen molar-refractivity contribution in [2.24, 2.45) is 5.92 Å². The molecule has 2 aromatic carbocycles. The van der Waals surface area contributed by atoms with Crippen molar-refractivity contribution in [3.8, 4) is 0 Å². The van der Waals surface area contributed by atoms with E-state index in [0.29, 0.717) is 37.2 Å². The van der Waals surface area contributed by atoms with Crippen LogP contribution < -0.4 is 16.0 Å². The Labute approximate surface area is 240 Å². The molecule has 224 valence electrons. The first-order valence-corrected chi connectivity index (χ1v) is 15.7. The van der Waals surface area contributed by atoms with Crippen molar-refractivity contribution in [2.75, 3.05) is 33.0 Å². The van der Waals surface area contributed by atoms with Crippen molar-refractivity contribution in [3.05, 3.63) is 71.3 Å². The van der Waals surface area contributed by atoms with Crippen molar-refractivity contribution in [2.45, 2.75) is 56.1 Å². The Hall–Kier alpha value is -3.09. The monoisotopic (exact) mass is 592 g/mol. The predicted molar refractivity (Wildman–Crippen MR) is 151 cm³/mol. The average molecular weight is 593 g/mol. The molecule has 2 fully saturated rings. The van der Waals surface area contributed by atoms with E-state index in [0.717, 1.165) is 25.7 Å². The third-order valence-corrected chi connectivity index (χ3v) is 9.45. The van der Waals surface area contributed by atoms with Gasteiger partial charge in [-0.2, -0.15) is 4.31 Å². The summed E-state index contributed by atoms with van der Waals surface area (Å²) in [7, 11) is -2.13. The minimum atomic E-state index is -3.32. The van der Waals surface area contributed by atoms with E-state index in [1.54, 1.807) is 4.31 Å². The summed E-state index contributed by atoms with van der Waals surface area (Å²) in [4.78, 5) is 26.3. The molecule has 0 spiro atoms. The standard InChI is InChI=1S/C29H38F2N4O5S/c1-40-29(37)34-27(26(20-6-11-22(30)12-7-20)21-8-13-23(31)14-9-21)28(36)33-25-5-3-4-19(25)10-15-24-18-32-16-17-35(24)41(2,38)39/h6-9,11-14,19,24-27,32H,3-5,10,15-18H2,1-2H3,(H,33,36)(H,34,37)/t19?,24-,25?,27-/m0/s1. The molecule has 0 radical (unpaired) electrons. The number of ether oxygens (including phenoxy) is 1. The smallest absolute Gasteiger partial charge is 0.407 e. The Balaban J connectivity index is 1.55. The van der Waals surface area contributed by atoms with Gasteiger partial charge >= 0.3 is 6.09 Å². The maximum Gasteiger partial charge on any atom is 0.407 e. The van der Waals surface area contributed by atoms with Gasteiger partial charge in [0.25, 0.3) is 0 Å². The van der Waals surface area contributed by atoms with Crippen LogP contribution in [-0.4, -0.2) is 75.8 Å². The third kappa shape index (κ3) is 8.02. The molecule has 12 heteroatoms. The number of carbonyl (C=O) groups excluding carboxylic acids is 2. The SMILES string of the molecule is COC(=O)N[C@H](C(=O)NC1CCCC1CC[C@H]1CNCCN1S(C)(=O)=O)C(c1ccc(F)cc1)c1ccc(F)cc1. The summed E-state index contributed by atoms with van der Waals surface area (Å²) < 4.78 is 58.5. The lowest BCUT2D eigenvalue weighted by molar-refractivity contribution is -0.124. The molecular weight excluding hydrogens is 554 g/mol. The summed E-state index contributed by atoms with van der Waals surface area (Å²) in [5, 5.41) is 9.04. The Morgan fingerprint density at radius 3 is 2.20 bits per heavy atom. The Kier molecular flexibility index (Phi) is 10.3. The first-order chi connectivity index (χ1) is 19.6. The number of nitrogens with one attached hydrogen (secondary N) is 3. The fraction of sp³-hybridized carbons (Fsp3) is 0.517. The van der Waals surface area contributed by atoms with E-state index >= 15 is 0 Å². The number of piperazine rings is 1. The zero-order chi connectivity index (χ0) is 29.6. The molecule has 1 saturated heterocycles. The zero-order valence-electron chi connectivity index (χ0n) is 23.3. The van der Waals surface area contributed by atoms with Gasteiger partial charge in [0, 0.05) is 37.6 Å². The molecule has 4 rings (SSSR count). The van der Waals surface area contributed by atoms with Crippen LogP contribution >= 0.6 is 0 Å². The number of carbonyl (C=O) groups is 2. The Morgan fingerprint density at radius 1 is 1.02 bits per heavy atom. The van der Waals surface area contributed by atoms with Crippen molar-refractivity contribution in [1.82, 2.24) is 20.3 Å². The highest BCUT2D eigenvalue weighted by molar-refractivity contribution is 7.88. The lowest BCUT2D eigenvalue weighted by Crippen LogP contribution is -2.54. The van der Waals surface area contributed by atoms with E-state index < -0.39 is 45.6 Å². The number of nitrogens with zero attached hydrogens (tertiary/aromatic N) is 1. The summed E-state index contributed by atoms with van der Waals surface area (Å²) in [5.74, 6) is -1.97. The number of sulfonamides is 1. The van der Waals surface area contributed by atoms with E-state index in [4.69, 9.17) is 4.74 Å². The van der Waals surface area contributed by atoms with Crippen LogP contribution in [-0.2, 0) is 19.6 Å². The van der Waals surface area contributed by atoms with Gasteiger partial charge in [-0.05, 0) is 67.0 Å². The zero-order valence-corrected chi connectivity index (χ0v) is 24.1. The molecular formula is C29H38F2N4O5S. The van der Waals surface area contributed by atoms with Gasteiger partial charge in [-0.1, -0.05) is 30.7 Å². The average Bonchev–Trinajstić information content (AvgIpc) is 3.39. The van der Waals surface area contributed by atoms with E-state index in [1.165, 1.54) is 61.9 Å². The van der Waals surface area contributed by atoms with Gasteiger partial charge in [-0.15, -0.1) is 0 Å². The topological polar surface area (TPSA) is 117 Å². The van der Waals surface area contributed by atoms with Gasteiger partial charge in [0.05, 0.1) is 13.4 Å². The number of benzene rings is 2. The molecule has 0 bridgehead atoms. The Morgan fingerprint density at radius 2 is 1.63 bits per heavy atom. The van der Waals surface area contributed by atoms with E-state index in [1.807, 2.05) is 0 Å². The molecule has 1 aliphatic heterocycles. The van der Waals surface area contributed by atoms with Crippen LogP contribution in [0.4, 0.5) is 13.6 Å². The number of hydrogen-bond donors (Lipinski definition) is 3. The number of amides is 2. The van der Waals surface area contributed by atoms with E-state index in [9.17, 15) is 26.8 Å². The fourth-order valence-corrected chi connectivity index (χ4v) is 7.22. The van der Waals surface area contributed by atoms with Crippen molar-refractivity contribution in [3.63, 3.8) is 0 Å². The molecule has 9 nitrogen and oxygen atoms in total. The number of methoxy groups -OCH3 is 1. The molecule has 1 aliphatic carbocycles. The predicted octanol–water partition coefficient (Wildman–Crippen LogP) is 3.12. The third-order valence-electron chi connectivity index (χ3n) is 8.11. The molecule has 2 aliphatic rings. The molecule has 41 heavy (non-hydrogen) atoms. The molecule has 1 heterocycles. The normalized spacial score (nSPS) is 22.3. The van der Waals surface area contributed by atoms with Crippen LogP contribution in [0.2, 0.25) is 0 Å². The maximum atomic E-state index is 13.9. The van der Waals surface area contributed by atoms with Crippen LogP contribution in [0.15, 0.2) is 48.5 Å². The quantitative estimate of drug-likeness (QED) is 0.391. The fourth-order valence-electron chi connectivity index (χ4n) is 6.08. The summed E-state index contributed by atoms with van der Waals surface area (Å²) >= 11 is 0. The Bertz CT molecular complexity index is 1250. The van der Waals surface area contributed by atoms with Gasteiger partial charge in [0.2, 0.25) is 15.9 Å². The van der Waals surface area contributed by atoms with Gasteiger partial charge in [-0.3, -0.25) is 4.79 Å². The van der Waals surface area contributed by atoms with E-state index in [-0.39, 0.29) is 18.0 Å². The molecule has 2 unspecified atom stereocenters. The minimum absolute atomic E-state index is 0.135. The first-order valence-electron chi connectivity index (χ1n) is 13.9. The number of halogens is 2. The highest BCUT2D eigenvalue weighted by Gasteiger charge is 2.37. The number of alkyl carbamates (subject to hydrolysis) is 1. The molecule has 4 atom stereocenters. The van der Waals surface area contributed by atoms with Crippen molar-refractivity contribution < 1.29 is 31.5 Å². The van der Waals surface area contributed by atoms with Crippen molar-refractivity contribution >= 4 is 22.0 Å². The summed E-state index contributed by atoms with van der Waals surface area (Å²) in [5.41, 5.74) is 1.12. The molecule has 3 N–H and O–H groups in total. The first kappa shape index (κ1) is 30.9. The van der Waals surface area contributed by atoms with E-state index in [2.05, 4.69) is 16.0 Å². The number of hydrogen-bond acceptors (Lipinski definition) is 6. The number of rotatable bonds is 10. The minimum Gasteiger partial charge on any atom is -0.453 e. The lowest BCUT2D eigenvalue weighted by Gasteiger charge is -2.35. The van der Waals surface area contributed by atoms with Crippen LogP contribution in [0, 0.1) is 17.6 Å². The molecule has 0 aromatic heterocycles. The highest BCUT2D eigenvalue weighted by atomic mass is 32.2. The van der Waals surface area contributed by atoms with Gasteiger partial charge in [0.15, 0.2) is 0 Å². The van der Waals surface area contributed by atoms with Crippen LogP contribution in [0.1, 0.15) is 49.1 Å². The second-order valence-corrected chi connectivity index (χ2v) is 12.7. The highest BCUT2D eigenvalue weighted by Crippen LogP contribution is 2.33. The molecule has 2 amide bonds. The van der Waals surface area contributed by atoms with Crippen LogP contribution in [0.5, 0.6) is 0 Å². The van der Waals surface area contributed by atoms with Crippen LogP contribution in [0.3, 0.4) is 0 Å². The van der Waals surface area contributed by atoms with Crippen LogP contribution in [0.25, 0.3) is 0 Å². The van der Waals surface area contributed by atoms with Gasteiger partial charge < -0.3 is 20.7 Å². The summed E-state index contributed by atoms with van der Waals surface area (Å²) in [6, 6.07) is 9.76. The van der Waals surface area contributed by atoms with Gasteiger partial charge in [0.1, 0.15) is 17.7 Å². The lowest BCUT2D eigenvalue weighted by atomic mass is 9.84. The summed E-state index contributed by atoms with van der Waals surface area (Å²) in [6.45, 7) is 1.63. The maximum absolute atomic E-state index is 13.9. The van der Waals surface area contributed by atoms with Crippen molar-refractivity contribution in [1.29, 1.82) is 0 Å². The second kappa shape index (κ2) is 13.7. The van der Waals surface area contributed by atoms with Gasteiger partial charge in [-0.25, -0.2) is 22.0 Å². The molecule has 2 aromatic rings. The molecule has 1 saturated carbocycles. The largest absolute Gasteiger partial charge is 0.453 e.